The molecule has 1 unspecified atom stereocenters. The fraction of sp³-hybridized carbons (Fsp3) is 0.727. The van der Waals surface area contributed by atoms with Crippen molar-refractivity contribution in [3.63, 3.8) is 0 Å². The van der Waals surface area contributed by atoms with Crippen LogP contribution in [-0.2, 0) is 16.6 Å². The Labute approximate surface area is 120 Å². The molecule has 21 heavy (non-hydrogen) atoms. The smallest absolute Gasteiger partial charge is 0.330 e. The molecule has 10 heteroatoms. The average molecular weight is 326 g/mol. The Morgan fingerprint density at radius 3 is 2.67 bits per heavy atom. The molecule has 0 radical (unpaired) electrons. The van der Waals surface area contributed by atoms with E-state index in [1.165, 1.54) is 4.31 Å². The molecule has 0 aliphatic carbocycles. The van der Waals surface area contributed by atoms with Crippen molar-refractivity contribution >= 4 is 10.0 Å². The Morgan fingerprint density at radius 2 is 2.14 bits per heavy atom. The minimum Gasteiger partial charge on any atom is -0.330 e. The number of rotatable bonds is 4. The predicted octanol–water partition coefficient (Wildman–Crippen LogP) is 0.805. The van der Waals surface area contributed by atoms with E-state index in [1.54, 1.807) is 0 Å². The zero-order chi connectivity index (χ0) is 15.9. The molecule has 0 saturated carbocycles. The summed E-state index contributed by atoms with van der Waals surface area (Å²) in [6.45, 7) is 1.49. The first-order chi connectivity index (χ1) is 9.56. The second-order valence-corrected chi connectivity index (χ2v) is 7.53. The molecule has 1 fully saturated rings. The summed E-state index contributed by atoms with van der Waals surface area (Å²) in [6, 6.07) is 0. The lowest BCUT2D eigenvalue weighted by Crippen LogP contribution is -2.34. The fourth-order valence-electron chi connectivity index (χ4n) is 2.25. The topological polar surface area (TPSA) is 81.2 Å². The summed E-state index contributed by atoms with van der Waals surface area (Å²) in [5, 5.41) is 3.46. The summed E-state index contributed by atoms with van der Waals surface area (Å²) in [4.78, 5) is -0.229. The fourth-order valence-corrected chi connectivity index (χ4v) is 3.79. The van der Waals surface area contributed by atoms with Crippen LogP contribution in [-0.4, -0.2) is 48.3 Å². The lowest BCUT2D eigenvalue weighted by molar-refractivity contribution is -0.142. The summed E-state index contributed by atoms with van der Waals surface area (Å²) in [6.07, 6.45) is -1.97. The number of alkyl halides is 3. The van der Waals surface area contributed by atoms with Crippen LogP contribution in [0.5, 0.6) is 0 Å². The van der Waals surface area contributed by atoms with Crippen molar-refractivity contribution in [3.05, 3.63) is 12.4 Å². The third-order valence-electron chi connectivity index (χ3n) is 3.60. The monoisotopic (exact) mass is 326 g/mol. The molecule has 1 aromatic heterocycles. The zero-order valence-corrected chi connectivity index (χ0v) is 12.3. The maximum Gasteiger partial charge on any atom is 0.408 e. The van der Waals surface area contributed by atoms with Crippen molar-refractivity contribution in [1.29, 1.82) is 0 Å². The summed E-state index contributed by atoms with van der Waals surface area (Å²) in [7, 11) is -3.83. The van der Waals surface area contributed by atoms with Crippen LogP contribution in [0.3, 0.4) is 0 Å². The molecule has 2 N–H and O–H groups in total. The van der Waals surface area contributed by atoms with E-state index in [0.717, 1.165) is 12.4 Å². The number of sulfonamides is 1. The molecule has 1 aliphatic heterocycles. The van der Waals surface area contributed by atoms with E-state index < -0.39 is 22.7 Å². The summed E-state index contributed by atoms with van der Waals surface area (Å²) >= 11 is 0. The lowest BCUT2D eigenvalue weighted by Gasteiger charge is -2.21. The first-order valence-electron chi connectivity index (χ1n) is 6.35. The SMILES string of the molecule is CC1(CN)CCN(S(=O)(=O)c2cnn(CC(F)(F)F)c2)C1. The Morgan fingerprint density at radius 1 is 1.48 bits per heavy atom. The number of aromatic nitrogens is 2. The first-order valence-corrected chi connectivity index (χ1v) is 7.79. The van der Waals surface area contributed by atoms with Gasteiger partial charge in [-0.05, 0) is 18.4 Å². The molecular weight excluding hydrogens is 309 g/mol. The normalized spacial score (nSPS) is 24.6. The van der Waals surface area contributed by atoms with Crippen molar-refractivity contribution in [2.75, 3.05) is 19.6 Å². The molecule has 0 bridgehead atoms. The second kappa shape index (κ2) is 5.25. The van der Waals surface area contributed by atoms with E-state index in [-0.39, 0.29) is 16.9 Å². The minimum absolute atomic E-state index is 0.229. The van der Waals surface area contributed by atoms with Crippen molar-refractivity contribution in [2.24, 2.45) is 11.1 Å². The van der Waals surface area contributed by atoms with Crippen LogP contribution >= 0.6 is 0 Å². The Balaban J connectivity index is 2.18. The van der Waals surface area contributed by atoms with E-state index >= 15 is 0 Å². The van der Waals surface area contributed by atoms with Gasteiger partial charge in [0.2, 0.25) is 10.0 Å². The highest BCUT2D eigenvalue weighted by Crippen LogP contribution is 2.32. The highest BCUT2D eigenvalue weighted by molar-refractivity contribution is 7.89. The van der Waals surface area contributed by atoms with Crippen molar-refractivity contribution in [1.82, 2.24) is 14.1 Å². The molecule has 1 saturated heterocycles. The molecule has 0 spiro atoms. The van der Waals surface area contributed by atoms with Gasteiger partial charge in [-0.1, -0.05) is 6.92 Å². The largest absolute Gasteiger partial charge is 0.408 e. The van der Waals surface area contributed by atoms with E-state index in [4.69, 9.17) is 5.73 Å². The number of nitrogens with two attached hydrogens (primary N) is 1. The van der Waals surface area contributed by atoms with Crippen LogP contribution in [0.2, 0.25) is 0 Å². The third-order valence-corrected chi connectivity index (χ3v) is 5.40. The first kappa shape index (κ1) is 16.2. The number of halogens is 3. The molecule has 6 nitrogen and oxygen atoms in total. The van der Waals surface area contributed by atoms with E-state index in [9.17, 15) is 21.6 Å². The molecule has 1 aromatic rings. The van der Waals surface area contributed by atoms with Gasteiger partial charge in [0.05, 0.1) is 6.20 Å². The highest BCUT2D eigenvalue weighted by atomic mass is 32.2. The van der Waals surface area contributed by atoms with E-state index in [2.05, 4.69) is 5.10 Å². The van der Waals surface area contributed by atoms with Crippen LogP contribution in [0.15, 0.2) is 17.3 Å². The Kier molecular flexibility index (Phi) is 4.06. The quantitative estimate of drug-likeness (QED) is 0.887. The van der Waals surface area contributed by atoms with Crippen LogP contribution in [0.25, 0.3) is 0 Å². The van der Waals surface area contributed by atoms with Gasteiger partial charge in [-0.2, -0.15) is 22.6 Å². The predicted molar refractivity (Wildman–Crippen MR) is 68.8 cm³/mol. The van der Waals surface area contributed by atoms with Gasteiger partial charge in [-0.25, -0.2) is 8.42 Å². The summed E-state index contributed by atoms with van der Waals surface area (Å²) in [5.41, 5.74) is 5.33. The molecule has 2 heterocycles. The molecule has 1 atom stereocenters. The minimum atomic E-state index is -4.45. The van der Waals surface area contributed by atoms with E-state index in [1.807, 2.05) is 6.92 Å². The van der Waals surface area contributed by atoms with Gasteiger partial charge in [0.15, 0.2) is 0 Å². The van der Waals surface area contributed by atoms with Crippen LogP contribution in [0.4, 0.5) is 13.2 Å². The van der Waals surface area contributed by atoms with Gasteiger partial charge in [-0.3, -0.25) is 4.68 Å². The lowest BCUT2D eigenvalue weighted by atomic mass is 9.90. The molecular formula is C11H17F3N4O2S. The van der Waals surface area contributed by atoms with Gasteiger partial charge in [0.25, 0.3) is 0 Å². The molecule has 0 amide bonds. The van der Waals surface area contributed by atoms with Gasteiger partial charge >= 0.3 is 6.18 Å². The summed E-state index contributed by atoms with van der Waals surface area (Å²) in [5.74, 6) is 0. The third kappa shape index (κ3) is 3.55. The van der Waals surface area contributed by atoms with Crippen LogP contribution < -0.4 is 5.73 Å². The van der Waals surface area contributed by atoms with Crippen LogP contribution in [0, 0.1) is 5.41 Å². The van der Waals surface area contributed by atoms with Gasteiger partial charge in [-0.15, -0.1) is 0 Å². The zero-order valence-electron chi connectivity index (χ0n) is 11.5. The molecule has 2 rings (SSSR count). The maximum atomic E-state index is 12.4. The second-order valence-electron chi connectivity index (χ2n) is 5.59. The van der Waals surface area contributed by atoms with Crippen LogP contribution in [0.1, 0.15) is 13.3 Å². The maximum absolute atomic E-state index is 12.4. The number of hydrogen-bond donors (Lipinski definition) is 1. The summed E-state index contributed by atoms with van der Waals surface area (Å²) < 4.78 is 63.3. The number of hydrogen-bond acceptors (Lipinski definition) is 4. The van der Waals surface area contributed by atoms with Crippen molar-refractivity contribution in [3.8, 4) is 0 Å². The van der Waals surface area contributed by atoms with E-state index in [0.29, 0.717) is 24.2 Å². The molecule has 120 valence electrons. The Bertz CT molecular complexity index is 613. The molecule has 1 aliphatic rings. The highest BCUT2D eigenvalue weighted by Gasteiger charge is 2.39. The standard InChI is InChI=1S/C11H17F3N4O2S/c1-10(6-15)2-3-18(7-10)21(19,20)9-4-16-17(5-9)8-11(12,13)14/h4-5H,2-3,6-8,15H2,1H3. The molecule has 0 aromatic carbocycles. The van der Waals surface area contributed by atoms with Crippen molar-refractivity contribution < 1.29 is 21.6 Å². The van der Waals surface area contributed by atoms with Gasteiger partial charge in [0, 0.05) is 19.3 Å². The van der Waals surface area contributed by atoms with Gasteiger partial charge < -0.3 is 5.73 Å². The number of nitrogens with zero attached hydrogens (tertiary/aromatic N) is 3. The van der Waals surface area contributed by atoms with Gasteiger partial charge in [0.1, 0.15) is 11.4 Å². The average Bonchev–Trinajstić information content (AvgIpc) is 2.95. The van der Waals surface area contributed by atoms with Crippen molar-refractivity contribution in [2.45, 2.75) is 31.0 Å². The Hall–Kier alpha value is -1.13.